The smallest absolute Gasteiger partial charge is 0.251 e. The number of hydrogen-bond donors (Lipinski definition) is 1. The molecule has 1 aromatic rings. The predicted molar refractivity (Wildman–Crippen MR) is 78.7 cm³/mol. The minimum atomic E-state index is -0.370. The number of amides is 1. The van der Waals surface area contributed by atoms with E-state index in [-0.39, 0.29) is 17.3 Å². The van der Waals surface area contributed by atoms with E-state index in [2.05, 4.69) is 37.2 Å². The molecule has 0 aromatic heterocycles. The first-order valence-corrected chi connectivity index (χ1v) is 7.67. The summed E-state index contributed by atoms with van der Waals surface area (Å²) in [6.45, 7) is 4.04. The van der Waals surface area contributed by atoms with Gasteiger partial charge in [0.05, 0.1) is 4.47 Å². The SMILES string of the molecule is CCC(C)(CCBr)NC(=O)c1ccc(F)c(Br)c1. The molecule has 0 aliphatic heterocycles. The molecular formula is C13H16Br2FNO. The van der Waals surface area contributed by atoms with E-state index in [1.807, 2.05) is 13.8 Å². The Bertz CT molecular complexity index is 439. The van der Waals surface area contributed by atoms with Gasteiger partial charge in [-0.15, -0.1) is 0 Å². The van der Waals surface area contributed by atoms with Gasteiger partial charge in [0.15, 0.2) is 0 Å². The van der Waals surface area contributed by atoms with Crippen LogP contribution in [0.15, 0.2) is 22.7 Å². The average molecular weight is 381 g/mol. The summed E-state index contributed by atoms with van der Waals surface area (Å²) < 4.78 is 13.4. The summed E-state index contributed by atoms with van der Waals surface area (Å²) in [6.07, 6.45) is 1.68. The van der Waals surface area contributed by atoms with Gasteiger partial charge in [0.25, 0.3) is 5.91 Å². The molecule has 0 saturated carbocycles. The maximum absolute atomic E-state index is 13.1. The Kier molecular flexibility index (Phi) is 5.79. The molecule has 0 aliphatic carbocycles. The van der Waals surface area contributed by atoms with E-state index in [0.29, 0.717) is 10.0 Å². The van der Waals surface area contributed by atoms with Gasteiger partial charge in [0.1, 0.15) is 5.82 Å². The van der Waals surface area contributed by atoms with Gasteiger partial charge in [-0.3, -0.25) is 4.79 Å². The number of halogens is 3. The molecule has 0 bridgehead atoms. The lowest BCUT2D eigenvalue weighted by Gasteiger charge is -2.29. The fourth-order valence-corrected chi connectivity index (χ4v) is 2.77. The number of carbonyl (C=O) groups is 1. The lowest BCUT2D eigenvalue weighted by molar-refractivity contribution is 0.0901. The first-order chi connectivity index (χ1) is 8.41. The van der Waals surface area contributed by atoms with Crippen LogP contribution in [0.25, 0.3) is 0 Å². The molecule has 1 rings (SSSR count). The number of carbonyl (C=O) groups excluding carboxylic acids is 1. The lowest BCUT2D eigenvalue weighted by Crippen LogP contribution is -2.45. The molecular weight excluding hydrogens is 365 g/mol. The average Bonchev–Trinajstić information content (AvgIpc) is 2.32. The normalized spacial score (nSPS) is 14.1. The van der Waals surface area contributed by atoms with Gasteiger partial charge in [0.2, 0.25) is 0 Å². The molecule has 0 radical (unpaired) electrons. The van der Waals surface area contributed by atoms with E-state index in [1.165, 1.54) is 18.2 Å². The summed E-state index contributed by atoms with van der Waals surface area (Å²) >= 11 is 6.46. The topological polar surface area (TPSA) is 29.1 Å². The predicted octanol–water partition coefficient (Wildman–Crippen LogP) is 4.27. The van der Waals surface area contributed by atoms with Crippen molar-refractivity contribution < 1.29 is 9.18 Å². The zero-order valence-electron chi connectivity index (χ0n) is 10.4. The van der Waals surface area contributed by atoms with Crippen molar-refractivity contribution in [1.29, 1.82) is 0 Å². The Hall–Kier alpha value is -0.420. The third-order valence-corrected chi connectivity index (χ3v) is 4.03. The molecule has 1 N–H and O–H groups in total. The minimum absolute atomic E-state index is 0.180. The second kappa shape index (κ2) is 6.66. The van der Waals surface area contributed by atoms with E-state index >= 15 is 0 Å². The van der Waals surface area contributed by atoms with Crippen molar-refractivity contribution >= 4 is 37.8 Å². The summed E-state index contributed by atoms with van der Waals surface area (Å²) in [5, 5.41) is 3.82. The van der Waals surface area contributed by atoms with Crippen LogP contribution in [-0.4, -0.2) is 16.8 Å². The molecule has 18 heavy (non-hydrogen) atoms. The number of benzene rings is 1. The number of rotatable bonds is 5. The molecule has 0 fully saturated rings. The van der Waals surface area contributed by atoms with Gasteiger partial charge in [0, 0.05) is 16.4 Å². The van der Waals surface area contributed by atoms with Crippen LogP contribution in [0.3, 0.4) is 0 Å². The zero-order chi connectivity index (χ0) is 13.8. The standard InChI is InChI=1S/C13H16Br2FNO/c1-3-13(2,6-7-14)17-12(18)9-4-5-11(16)10(15)8-9/h4-5,8H,3,6-7H2,1-2H3,(H,17,18). The van der Waals surface area contributed by atoms with Gasteiger partial charge < -0.3 is 5.32 Å². The van der Waals surface area contributed by atoms with Crippen LogP contribution in [-0.2, 0) is 0 Å². The number of alkyl halides is 1. The fourth-order valence-electron chi connectivity index (χ4n) is 1.52. The molecule has 1 aromatic carbocycles. The van der Waals surface area contributed by atoms with Gasteiger partial charge in [-0.2, -0.15) is 0 Å². The molecule has 100 valence electrons. The van der Waals surface area contributed by atoms with E-state index < -0.39 is 0 Å². The molecule has 5 heteroatoms. The van der Waals surface area contributed by atoms with Gasteiger partial charge in [-0.1, -0.05) is 22.9 Å². The fraction of sp³-hybridized carbons (Fsp3) is 0.462. The van der Waals surface area contributed by atoms with Crippen molar-refractivity contribution in [3.05, 3.63) is 34.1 Å². The molecule has 0 heterocycles. The van der Waals surface area contributed by atoms with Crippen LogP contribution in [0.1, 0.15) is 37.0 Å². The van der Waals surface area contributed by atoms with E-state index in [1.54, 1.807) is 0 Å². The Morgan fingerprint density at radius 2 is 2.17 bits per heavy atom. The first kappa shape index (κ1) is 15.6. The second-order valence-corrected chi connectivity index (χ2v) is 6.08. The molecule has 1 atom stereocenters. The quantitative estimate of drug-likeness (QED) is 0.759. The summed E-state index contributed by atoms with van der Waals surface area (Å²) in [6, 6.07) is 4.27. The molecule has 1 amide bonds. The van der Waals surface area contributed by atoms with Crippen molar-refractivity contribution in [2.24, 2.45) is 0 Å². The van der Waals surface area contributed by atoms with E-state index in [0.717, 1.165) is 18.2 Å². The summed E-state index contributed by atoms with van der Waals surface area (Å²) in [5.41, 5.74) is 0.207. The Balaban J connectivity index is 2.84. The molecule has 0 aliphatic rings. The number of hydrogen-bond acceptors (Lipinski definition) is 1. The molecule has 1 unspecified atom stereocenters. The van der Waals surface area contributed by atoms with Crippen LogP contribution in [0.2, 0.25) is 0 Å². The molecule has 0 saturated heterocycles. The molecule has 2 nitrogen and oxygen atoms in total. The van der Waals surface area contributed by atoms with E-state index in [4.69, 9.17) is 0 Å². The van der Waals surface area contributed by atoms with Crippen LogP contribution >= 0.6 is 31.9 Å². The zero-order valence-corrected chi connectivity index (χ0v) is 13.6. The van der Waals surface area contributed by atoms with Crippen molar-refractivity contribution in [3.8, 4) is 0 Å². The maximum atomic E-state index is 13.1. The maximum Gasteiger partial charge on any atom is 0.251 e. The van der Waals surface area contributed by atoms with Crippen LogP contribution < -0.4 is 5.32 Å². The minimum Gasteiger partial charge on any atom is -0.347 e. The van der Waals surface area contributed by atoms with E-state index in [9.17, 15) is 9.18 Å². The highest BCUT2D eigenvalue weighted by Gasteiger charge is 2.24. The highest BCUT2D eigenvalue weighted by Crippen LogP contribution is 2.19. The Morgan fingerprint density at radius 3 is 2.67 bits per heavy atom. The van der Waals surface area contributed by atoms with Gasteiger partial charge >= 0.3 is 0 Å². The van der Waals surface area contributed by atoms with Crippen molar-refractivity contribution in [1.82, 2.24) is 5.32 Å². The van der Waals surface area contributed by atoms with Crippen molar-refractivity contribution in [2.75, 3.05) is 5.33 Å². The van der Waals surface area contributed by atoms with Gasteiger partial charge in [-0.05, 0) is 53.9 Å². The highest BCUT2D eigenvalue weighted by atomic mass is 79.9. The summed E-state index contributed by atoms with van der Waals surface area (Å²) in [5.74, 6) is -0.550. The number of nitrogens with one attached hydrogen (secondary N) is 1. The van der Waals surface area contributed by atoms with Gasteiger partial charge in [-0.25, -0.2) is 4.39 Å². The van der Waals surface area contributed by atoms with Crippen LogP contribution in [0.5, 0.6) is 0 Å². The largest absolute Gasteiger partial charge is 0.347 e. The third kappa shape index (κ3) is 4.05. The summed E-state index contributed by atoms with van der Waals surface area (Å²) in [7, 11) is 0. The van der Waals surface area contributed by atoms with Crippen LogP contribution in [0, 0.1) is 5.82 Å². The highest BCUT2D eigenvalue weighted by molar-refractivity contribution is 9.10. The second-order valence-electron chi connectivity index (χ2n) is 4.44. The lowest BCUT2D eigenvalue weighted by atomic mass is 9.95. The third-order valence-electron chi connectivity index (χ3n) is 3.02. The van der Waals surface area contributed by atoms with Crippen molar-refractivity contribution in [3.63, 3.8) is 0 Å². The first-order valence-electron chi connectivity index (χ1n) is 5.75. The van der Waals surface area contributed by atoms with Crippen molar-refractivity contribution in [2.45, 2.75) is 32.2 Å². The van der Waals surface area contributed by atoms with Crippen LogP contribution in [0.4, 0.5) is 4.39 Å². The monoisotopic (exact) mass is 379 g/mol. The molecule has 0 spiro atoms. The Morgan fingerprint density at radius 1 is 1.50 bits per heavy atom. The summed E-state index contributed by atoms with van der Waals surface area (Å²) in [4.78, 5) is 12.1. The Labute approximate surface area is 124 Å².